The summed E-state index contributed by atoms with van der Waals surface area (Å²) in [5.74, 6) is 1.26. The van der Waals surface area contributed by atoms with Crippen molar-refractivity contribution in [2.75, 3.05) is 0 Å². The van der Waals surface area contributed by atoms with Gasteiger partial charge in [0.2, 0.25) is 5.75 Å². The zero-order valence-corrected chi connectivity index (χ0v) is 15.3. The van der Waals surface area contributed by atoms with Gasteiger partial charge < -0.3 is 19.4 Å². The Kier molecular flexibility index (Phi) is 4.80. The lowest BCUT2D eigenvalue weighted by Crippen LogP contribution is -2.50. The number of carboxylic acids is 1. The van der Waals surface area contributed by atoms with Crippen LogP contribution in [0.4, 0.5) is 5.69 Å². The van der Waals surface area contributed by atoms with Crippen LogP contribution in [-0.2, 0) is 4.74 Å². The maximum atomic E-state index is 11.3. The van der Waals surface area contributed by atoms with Crippen LogP contribution in [0.1, 0.15) is 55.8 Å². The zero-order valence-electron chi connectivity index (χ0n) is 15.3. The summed E-state index contributed by atoms with van der Waals surface area (Å²) in [5.41, 5.74) is -0.424. The second-order valence-corrected chi connectivity index (χ2v) is 8.21. The number of hydrogen-bond donors (Lipinski definition) is 0. The lowest BCUT2D eigenvalue weighted by Gasteiger charge is -2.54. The van der Waals surface area contributed by atoms with Crippen LogP contribution in [0, 0.1) is 33.8 Å². The molecule has 1 atom stereocenters. The monoisotopic (exact) mass is 374 g/mol. The number of nitrogens with zero attached hydrogens (tertiary/aromatic N) is 1. The first-order valence-electron chi connectivity index (χ1n) is 9.76. The number of benzene rings is 1. The van der Waals surface area contributed by atoms with Crippen molar-refractivity contribution in [2.24, 2.45) is 23.7 Å². The van der Waals surface area contributed by atoms with Crippen LogP contribution in [0.25, 0.3) is 0 Å². The molecule has 7 nitrogen and oxygen atoms in total. The van der Waals surface area contributed by atoms with Crippen LogP contribution in [0.2, 0.25) is 0 Å². The van der Waals surface area contributed by atoms with Crippen LogP contribution in [0.15, 0.2) is 18.2 Å². The van der Waals surface area contributed by atoms with Crippen molar-refractivity contribution in [1.82, 2.24) is 0 Å². The molecule has 146 valence electrons. The zero-order chi connectivity index (χ0) is 19.1. The molecule has 1 aromatic carbocycles. The topological polar surface area (TPSA) is 102 Å². The Morgan fingerprint density at radius 1 is 1.19 bits per heavy atom. The van der Waals surface area contributed by atoms with Gasteiger partial charge in [-0.2, -0.15) is 0 Å². The summed E-state index contributed by atoms with van der Waals surface area (Å²) in [7, 11) is 0. The van der Waals surface area contributed by atoms with Crippen LogP contribution in [0.3, 0.4) is 0 Å². The number of hydrogen-bond acceptors (Lipinski definition) is 6. The van der Waals surface area contributed by atoms with Gasteiger partial charge in [-0.1, -0.05) is 6.92 Å². The van der Waals surface area contributed by atoms with Crippen molar-refractivity contribution in [1.29, 1.82) is 0 Å². The third kappa shape index (κ3) is 3.52. The van der Waals surface area contributed by atoms with Crippen LogP contribution in [0.5, 0.6) is 5.75 Å². The smallest absolute Gasteiger partial charge is 0.311 e. The molecule has 0 N–H and O–H groups in total. The second-order valence-electron chi connectivity index (χ2n) is 8.21. The van der Waals surface area contributed by atoms with E-state index in [0.29, 0.717) is 18.3 Å². The number of ether oxygens (including phenoxy) is 2. The molecule has 0 aromatic heterocycles. The van der Waals surface area contributed by atoms with Gasteiger partial charge in [-0.25, -0.2) is 0 Å². The number of aromatic carboxylic acids is 1. The molecule has 0 spiro atoms. The molecule has 0 aliphatic heterocycles. The Morgan fingerprint density at radius 3 is 2.33 bits per heavy atom. The Bertz CT molecular complexity index is 720. The quantitative estimate of drug-likeness (QED) is 0.413. The third-order valence-electron chi connectivity index (χ3n) is 6.43. The van der Waals surface area contributed by atoms with Gasteiger partial charge in [0, 0.05) is 18.1 Å². The lowest BCUT2D eigenvalue weighted by molar-refractivity contribution is -0.386. The highest BCUT2D eigenvalue weighted by atomic mass is 16.7. The maximum absolute atomic E-state index is 11.3. The van der Waals surface area contributed by atoms with Gasteiger partial charge in [0.15, 0.2) is 6.29 Å². The maximum Gasteiger partial charge on any atom is 0.311 e. The first-order chi connectivity index (χ1) is 12.9. The predicted octanol–water partition coefficient (Wildman–Crippen LogP) is 2.91. The van der Waals surface area contributed by atoms with Gasteiger partial charge in [-0.15, -0.1) is 0 Å². The van der Waals surface area contributed by atoms with Gasteiger partial charge >= 0.3 is 5.69 Å². The number of rotatable bonds is 7. The molecule has 7 heteroatoms. The van der Waals surface area contributed by atoms with Gasteiger partial charge in [0.25, 0.3) is 0 Å². The van der Waals surface area contributed by atoms with Crippen molar-refractivity contribution < 1.29 is 24.3 Å². The van der Waals surface area contributed by atoms with E-state index in [1.54, 1.807) is 0 Å². The van der Waals surface area contributed by atoms with E-state index >= 15 is 0 Å². The van der Waals surface area contributed by atoms with E-state index in [9.17, 15) is 20.0 Å². The van der Waals surface area contributed by atoms with Crippen LogP contribution < -0.4 is 9.84 Å². The minimum Gasteiger partial charge on any atom is -0.545 e. The number of carboxylic acid groups (broad SMARTS) is 1. The second kappa shape index (κ2) is 7.11. The van der Waals surface area contributed by atoms with Crippen molar-refractivity contribution in [3.05, 3.63) is 33.9 Å². The Hall–Kier alpha value is -2.15. The van der Waals surface area contributed by atoms with E-state index in [4.69, 9.17) is 9.47 Å². The molecule has 0 saturated heterocycles. The number of nitro groups is 1. The summed E-state index contributed by atoms with van der Waals surface area (Å²) in [6, 6.07) is 3.44. The standard InChI is InChI=1S/C20H25NO6/c1-2-18(26-17-10-13(20(22)23)3-4-16(17)21(24)25)27-19-14-6-11-5-12(8-14)9-15(19)7-11/h3-4,10-12,14-15,18-19H,2,5-9H2,1H3,(H,22,23)/p-1. The SMILES string of the molecule is CCC(Oc1cc(C(=O)[O-])ccc1[N+](=O)[O-])OC1C2CC3CC(C2)CC1C3. The summed E-state index contributed by atoms with van der Waals surface area (Å²) in [6.07, 6.45) is 6.19. The summed E-state index contributed by atoms with van der Waals surface area (Å²) in [6.45, 7) is 1.90. The average molecular weight is 374 g/mol. The van der Waals surface area contributed by atoms with Crippen LogP contribution in [-0.4, -0.2) is 23.3 Å². The first kappa shape index (κ1) is 18.2. The average Bonchev–Trinajstić information content (AvgIpc) is 2.62. The minimum atomic E-state index is -1.40. The van der Waals surface area contributed by atoms with Crippen molar-refractivity contribution in [3.8, 4) is 5.75 Å². The fourth-order valence-corrected chi connectivity index (χ4v) is 5.51. The summed E-state index contributed by atoms with van der Waals surface area (Å²) < 4.78 is 12.1. The molecular weight excluding hydrogens is 350 g/mol. The van der Waals surface area contributed by atoms with Gasteiger partial charge in [0.1, 0.15) is 0 Å². The molecule has 5 rings (SSSR count). The Labute approximate surface area is 157 Å². The highest BCUT2D eigenvalue weighted by Crippen LogP contribution is 2.55. The van der Waals surface area contributed by atoms with Crippen molar-refractivity contribution >= 4 is 11.7 Å². The molecule has 27 heavy (non-hydrogen) atoms. The molecule has 0 heterocycles. The summed E-state index contributed by atoms with van der Waals surface area (Å²) in [4.78, 5) is 21.8. The largest absolute Gasteiger partial charge is 0.545 e. The highest BCUT2D eigenvalue weighted by molar-refractivity contribution is 5.87. The first-order valence-corrected chi connectivity index (χ1v) is 9.76. The van der Waals surface area contributed by atoms with E-state index < -0.39 is 17.2 Å². The molecule has 0 radical (unpaired) electrons. The molecule has 4 fully saturated rings. The number of carbonyl (C=O) groups excluding carboxylic acids is 1. The molecule has 0 amide bonds. The third-order valence-corrected chi connectivity index (χ3v) is 6.43. The van der Waals surface area contributed by atoms with Gasteiger partial charge in [-0.05, 0) is 67.9 Å². The highest BCUT2D eigenvalue weighted by Gasteiger charge is 2.49. The molecule has 4 aliphatic rings. The Balaban J connectivity index is 1.51. The molecular formula is C20H24NO6-. The summed E-state index contributed by atoms with van der Waals surface area (Å²) >= 11 is 0. The van der Waals surface area contributed by atoms with Gasteiger partial charge in [0.05, 0.1) is 17.0 Å². The minimum absolute atomic E-state index is 0.0858. The predicted molar refractivity (Wildman–Crippen MR) is 94.1 cm³/mol. The van der Waals surface area contributed by atoms with E-state index in [1.165, 1.54) is 32.1 Å². The molecule has 4 saturated carbocycles. The molecule has 4 bridgehead atoms. The summed E-state index contributed by atoms with van der Waals surface area (Å²) in [5, 5.41) is 22.4. The number of nitro benzene ring substituents is 1. The van der Waals surface area contributed by atoms with E-state index in [2.05, 4.69) is 0 Å². The van der Waals surface area contributed by atoms with Crippen molar-refractivity contribution in [2.45, 2.75) is 57.8 Å². The fraction of sp³-hybridized carbons (Fsp3) is 0.650. The fourth-order valence-electron chi connectivity index (χ4n) is 5.51. The van der Waals surface area contributed by atoms with Crippen LogP contribution >= 0.6 is 0 Å². The van der Waals surface area contributed by atoms with E-state index in [1.807, 2.05) is 6.92 Å². The van der Waals surface area contributed by atoms with E-state index in [0.717, 1.165) is 30.0 Å². The van der Waals surface area contributed by atoms with E-state index in [-0.39, 0.29) is 23.1 Å². The van der Waals surface area contributed by atoms with Crippen molar-refractivity contribution in [3.63, 3.8) is 0 Å². The number of carbonyl (C=O) groups is 1. The van der Waals surface area contributed by atoms with Gasteiger partial charge in [-0.3, -0.25) is 10.1 Å². The molecule has 1 unspecified atom stereocenters. The molecule has 4 aliphatic carbocycles. The lowest BCUT2D eigenvalue weighted by atomic mass is 9.55. The molecule has 1 aromatic rings. The normalized spacial score (nSPS) is 32.3. The Morgan fingerprint density at radius 2 is 1.81 bits per heavy atom.